The summed E-state index contributed by atoms with van der Waals surface area (Å²) in [6, 6.07) is 20.7. The molecule has 0 aliphatic rings. The van der Waals surface area contributed by atoms with Crippen LogP contribution >= 0.6 is 0 Å². The molecule has 0 amide bonds. The lowest BCUT2D eigenvalue weighted by Gasteiger charge is -2.08. The average Bonchev–Trinajstić information content (AvgIpc) is 2.77. The minimum atomic E-state index is -0.441. The van der Waals surface area contributed by atoms with Crippen molar-refractivity contribution in [1.82, 2.24) is 0 Å². The highest BCUT2D eigenvalue weighted by Crippen LogP contribution is 2.25. The highest BCUT2D eigenvalue weighted by Gasteiger charge is 2.11. The van der Waals surface area contributed by atoms with Gasteiger partial charge in [0.2, 0.25) is 0 Å². The van der Waals surface area contributed by atoms with E-state index in [4.69, 9.17) is 14.2 Å². The Balaban J connectivity index is 1.75. The topological polar surface area (TPSA) is 61.8 Å². The Morgan fingerprint density at radius 1 is 0.793 bits per heavy atom. The van der Waals surface area contributed by atoms with Gasteiger partial charge in [-0.25, -0.2) is 4.79 Å². The van der Waals surface area contributed by atoms with E-state index in [2.05, 4.69) is 0 Å². The maximum Gasteiger partial charge on any atom is 0.343 e. The van der Waals surface area contributed by atoms with Crippen molar-refractivity contribution in [3.63, 3.8) is 0 Å². The van der Waals surface area contributed by atoms with Crippen LogP contribution in [0.15, 0.2) is 78.9 Å². The Kier molecular flexibility index (Phi) is 6.43. The molecule has 0 heterocycles. The second-order valence-corrected chi connectivity index (χ2v) is 6.09. The van der Waals surface area contributed by atoms with E-state index >= 15 is 0 Å². The molecule has 0 spiro atoms. The minimum Gasteiger partial charge on any atom is -0.497 e. The quantitative estimate of drug-likeness (QED) is 0.251. The first-order valence-corrected chi connectivity index (χ1v) is 8.92. The van der Waals surface area contributed by atoms with Crippen LogP contribution in [0.3, 0.4) is 0 Å². The molecule has 0 radical (unpaired) electrons. The van der Waals surface area contributed by atoms with Crippen LogP contribution in [0.2, 0.25) is 0 Å². The molecule has 0 saturated carbocycles. The molecule has 5 nitrogen and oxygen atoms in total. The van der Waals surface area contributed by atoms with Gasteiger partial charge in [0.1, 0.15) is 17.2 Å². The van der Waals surface area contributed by atoms with Crippen LogP contribution in [-0.4, -0.2) is 26.0 Å². The van der Waals surface area contributed by atoms with Crippen molar-refractivity contribution in [3.8, 4) is 17.2 Å². The van der Waals surface area contributed by atoms with Crippen LogP contribution in [0.25, 0.3) is 6.08 Å². The first kappa shape index (κ1) is 19.9. The number of rotatable bonds is 7. The molecule has 0 aliphatic heterocycles. The Bertz CT molecular complexity index is 1040. The summed E-state index contributed by atoms with van der Waals surface area (Å²) in [5, 5.41) is 0. The third-order valence-corrected chi connectivity index (χ3v) is 4.18. The fraction of sp³-hybridized carbons (Fsp3) is 0.0833. The van der Waals surface area contributed by atoms with Crippen molar-refractivity contribution in [2.24, 2.45) is 0 Å². The van der Waals surface area contributed by atoms with E-state index < -0.39 is 5.97 Å². The minimum absolute atomic E-state index is 0.229. The zero-order chi connectivity index (χ0) is 20.6. The van der Waals surface area contributed by atoms with E-state index in [1.165, 1.54) is 20.3 Å². The summed E-state index contributed by atoms with van der Waals surface area (Å²) in [4.78, 5) is 24.8. The lowest BCUT2D eigenvalue weighted by Crippen LogP contribution is -2.08. The number of hydrogen-bond acceptors (Lipinski definition) is 5. The molecule has 146 valence electrons. The molecule has 0 aromatic heterocycles. The van der Waals surface area contributed by atoms with Crippen molar-refractivity contribution >= 4 is 17.8 Å². The third-order valence-electron chi connectivity index (χ3n) is 4.18. The number of hydrogen-bond donors (Lipinski definition) is 0. The second-order valence-electron chi connectivity index (χ2n) is 6.09. The Hall–Kier alpha value is -3.86. The molecular weight excluding hydrogens is 368 g/mol. The van der Waals surface area contributed by atoms with Gasteiger partial charge in [-0.3, -0.25) is 4.79 Å². The van der Waals surface area contributed by atoms with Gasteiger partial charge in [-0.15, -0.1) is 0 Å². The summed E-state index contributed by atoms with van der Waals surface area (Å²) in [5.74, 6) is 0.757. The molecule has 0 bridgehead atoms. The fourth-order valence-corrected chi connectivity index (χ4v) is 2.69. The van der Waals surface area contributed by atoms with Crippen molar-refractivity contribution in [2.45, 2.75) is 0 Å². The van der Waals surface area contributed by atoms with Crippen molar-refractivity contribution in [3.05, 3.63) is 95.6 Å². The van der Waals surface area contributed by atoms with Crippen LogP contribution < -0.4 is 14.2 Å². The normalized spacial score (nSPS) is 10.6. The standard InChI is InChI=1S/C24H20O5/c1-27-19-12-14-23(28-2)21(16-19)22(25)13-11-17-7-6-10-20(15-17)29-24(26)18-8-4-3-5-9-18/h3-16H,1-2H3/b13-11+. The number of benzene rings is 3. The number of carbonyl (C=O) groups is 2. The first-order chi connectivity index (χ1) is 14.1. The monoisotopic (exact) mass is 388 g/mol. The van der Waals surface area contributed by atoms with Crippen molar-refractivity contribution in [1.29, 1.82) is 0 Å². The molecule has 29 heavy (non-hydrogen) atoms. The molecule has 0 fully saturated rings. The van der Waals surface area contributed by atoms with Crippen LogP contribution in [0.4, 0.5) is 0 Å². The van der Waals surface area contributed by atoms with Gasteiger partial charge < -0.3 is 14.2 Å². The maximum atomic E-state index is 12.6. The number of ketones is 1. The van der Waals surface area contributed by atoms with Crippen LogP contribution in [0.5, 0.6) is 17.2 Å². The van der Waals surface area contributed by atoms with E-state index in [0.717, 1.165) is 5.56 Å². The van der Waals surface area contributed by atoms with Crippen molar-refractivity contribution < 1.29 is 23.8 Å². The maximum absolute atomic E-state index is 12.6. The van der Waals surface area contributed by atoms with Crippen LogP contribution in [0.1, 0.15) is 26.3 Å². The van der Waals surface area contributed by atoms with Gasteiger partial charge in [-0.1, -0.05) is 36.4 Å². The Labute approximate surface area is 169 Å². The first-order valence-electron chi connectivity index (χ1n) is 8.92. The molecule has 0 atom stereocenters. The zero-order valence-corrected chi connectivity index (χ0v) is 16.1. The number of ether oxygens (including phenoxy) is 3. The number of allylic oxidation sites excluding steroid dienone is 1. The van der Waals surface area contributed by atoms with Crippen LogP contribution in [0, 0.1) is 0 Å². The summed E-state index contributed by atoms with van der Waals surface area (Å²) in [7, 11) is 3.04. The molecule has 3 rings (SSSR count). The molecule has 0 N–H and O–H groups in total. The second kappa shape index (κ2) is 9.37. The highest BCUT2D eigenvalue weighted by molar-refractivity contribution is 6.09. The van der Waals surface area contributed by atoms with E-state index in [1.54, 1.807) is 66.7 Å². The van der Waals surface area contributed by atoms with E-state index in [9.17, 15) is 9.59 Å². The lowest BCUT2D eigenvalue weighted by molar-refractivity contribution is 0.0734. The van der Waals surface area contributed by atoms with E-state index in [0.29, 0.717) is 28.4 Å². The zero-order valence-electron chi connectivity index (χ0n) is 16.1. The molecule has 0 saturated heterocycles. The number of methoxy groups -OCH3 is 2. The lowest BCUT2D eigenvalue weighted by atomic mass is 10.1. The van der Waals surface area contributed by atoms with Gasteiger partial charge in [0.25, 0.3) is 0 Å². The average molecular weight is 388 g/mol. The van der Waals surface area contributed by atoms with Gasteiger partial charge in [0.15, 0.2) is 5.78 Å². The van der Waals surface area contributed by atoms with Crippen LogP contribution in [-0.2, 0) is 0 Å². The summed E-state index contributed by atoms with van der Waals surface area (Å²) >= 11 is 0. The van der Waals surface area contributed by atoms with E-state index in [1.807, 2.05) is 12.1 Å². The molecule has 0 aliphatic carbocycles. The summed E-state index contributed by atoms with van der Waals surface area (Å²) in [5.41, 5.74) is 1.59. The highest BCUT2D eigenvalue weighted by atomic mass is 16.5. The van der Waals surface area contributed by atoms with Gasteiger partial charge in [0.05, 0.1) is 25.3 Å². The Morgan fingerprint density at radius 3 is 2.31 bits per heavy atom. The molecule has 3 aromatic carbocycles. The van der Waals surface area contributed by atoms with Gasteiger partial charge >= 0.3 is 5.97 Å². The Morgan fingerprint density at radius 2 is 1.59 bits per heavy atom. The fourth-order valence-electron chi connectivity index (χ4n) is 2.69. The predicted molar refractivity (Wildman–Crippen MR) is 111 cm³/mol. The predicted octanol–water partition coefficient (Wildman–Crippen LogP) is 4.82. The summed E-state index contributed by atoms with van der Waals surface area (Å²) in [6.45, 7) is 0. The van der Waals surface area contributed by atoms with Crippen molar-refractivity contribution in [2.75, 3.05) is 14.2 Å². The van der Waals surface area contributed by atoms with Gasteiger partial charge in [0, 0.05) is 0 Å². The van der Waals surface area contributed by atoms with E-state index in [-0.39, 0.29) is 5.78 Å². The summed E-state index contributed by atoms with van der Waals surface area (Å²) < 4.78 is 15.8. The smallest absolute Gasteiger partial charge is 0.343 e. The molecular formula is C24H20O5. The van der Waals surface area contributed by atoms with Gasteiger partial charge in [-0.05, 0) is 54.1 Å². The summed E-state index contributed by atoms with van der Waals surface area (Å²) in [6.07, 6.45) is 3.09. The molecule has 0 unspecified atom stereocenters. The molecule has 3 aromatic rings. The SMILES string of the molecule is COc1ccc(OC)c(C(=O)/C=C/c2cccc(OC(=O)c3ccccc3)c2)c1. The number of carbonyl (C=O) groups excluding carboxylic acids is 2. The third kappa shape index (κ3) is 5.11. The largest absolute Gasteiger partial charge is 0.497 e. The number of esters is 1. The van der Waals surface area contributed by atoms with Gasteiger partial charge in [-0.2, -0.15) is 0 Å². The molecule has 5 heteroatoms.